The van der Waals surface area contributed by atoms with Crippen LogP contribution in [0.3, 0.4) is 0 Å². The fourth-order valence-electron chi connectivity index (χ4n) is 3.53. The Hall–Kier alpha value is -2.02. The highest BCUT2D eigenvalue weighted by Gasteiger charge is 2.23. The second-order valence-corrected chi connectivity index (χ2v) is 6.69. The van der Waals surface area contributed by atoms with Crippen LogP contribution in [0.2, 0.25) is 0 Å². The van der Waals surface area contributed by atoms with Crippen LogP contribution in [-0.4, -0.2) is 0 Å². The van der Waals surface area contributed by atoms with Crippen LogP contribution in [0, 0.1) is 11.8 Å². The van der Waals surface area contributed by atoms with Crippen LogP contribution in [-0.2, 0) is 6.54 Å². The highest BCUT2D eigenvalue weighted by atomic mass is 14.9. The van der Waals surface area contributed by atoms with E-state index in [4.69, 9.17) is 0 Å². The molecule has 0 spiro atoms. The average Bonchev–Trinajstić information content (AvgIpc) is 2.58. The Kier molecular flexibility index (Phi) is 6.25. The molecule has 3 rings (SSSR count). The highest BCUT2D eigenvalue weighted by molar-refractivity contribution is 5.97. The van der Waals surface area contributed by atoms with Gasteiger partial charge in [0.25, 0.3) is 0 Å². The van der Waals surface area contributed by atoms with Crippen molar-refractivity contribution in [1.29, 1.82) is 0 Å². The van der Waals surface area contributed by atoms with E-state index in [-0.39, 0.29) is 0 Å². The predicted octanol–water partition coefficient (Wildman–Crippen LogP) is 6.86. The van der Waals surface area contributed by atoms with E-state index in [9.17, 15) is 0 Å². The molecule has 2 aromatic carbocycles. The highest BCUT2D eigenvalue weighted by Crippen LogP contribution is 2.42. The summed E-state index contributed by atoms with van der Waals surface area (Å²) >= 11 is 0. The molecule has 0 saturated heterocycles. The van der Waals surface area contributed by atoms with E-state index in [1.165, 1.54) is 33.5 Å². The number of hydrogen-bond acceptors (Lipinski definition) is 1. The maximum atomic E-state index is 3.63. The molecule has 0 amide bonds. The van der Waals surface area contributed by atoms with Crippen molar-refractivity contribution in [3.8, 4) is 0 Å². The fourth-order valence-corrected chi connectivity index (χ4v) is 3.53. The zero-order chi connectivity index (χ0) is 17.7. The van der Waals surface area contributed by atoms with Gasteiger partial charge in [-0.2, -0.15) is 0 Å². The largest absolute Gasteiger partial charge is 0.380 e. The lowest BCUT2D eigenvalue weighted by Gasteiger charge is -2.28. The summed E-state index contributed by atoms with van der Waals surface area (Å²) in [6.07, 6.45) is 0. The second kappa shape index (κ2) is 8.19. The van der Waals surface area contributed by atoms with Crippen molar-refractivity contribution in [3.63, 3.8) is 0 Å². The molecular formula is C23H31N. The number of fused-ring (bicyclic) bond motifs is 2. The monoisotopic (exact) mass is 321 g/mol. The normalized spacial score (nSPS) is 16.3. The summed E-state index contributed by atoms with van der Waals surface area (Å²) in [5.41, 5.74) is 8.38. The number of rotatable bonds is 2. The summed E-state index contributed by atoms with van der Waals surface area (Å²) in [5.74, 6) is 0.996. The molecule has 0 radical (unpaired) electrons. The van der Waals surface area contributed by atoms with E-state index in [0.717, 1.165) is 6.54 Å². The first-order valence-electron chi connectivity index (χ1n) is 9.25. The van der Waals surface area contributed by atoms with Crippen LogP contribution < -0.4 is 5.32 Å². The Morgan fingerprint density at radius 2 is 1.21 bits per heavy atom. The Bertz CT molecular complexity index is 646. The van der Waals surface area contributed by atoms with Crippen molar-refractivity contribution >= 4 is 16.8 Å². The van der Waals surface area contributed by atoms with E-state index >= 15 is 0 Å². The van der Waals surface area contributed by atoms with Crippen molar-refractivity contribution in [2.24, 2.45) is 11.8 Å². The van der Waals surface area contributed by atoms with Crippen molar-refractivity contribution in [2.45, 2.75) is 48.1 Å². The summed E-state index contributed by atoms with van der Waals surface area (Å²) in [7, 11) is 0. The molecular weight excluding hydrogens is 290 g/mol. The molecule has 0 unspecified atom stereocenters. The molecule has 0 fully saturated rings. The first-order chi connectivity index (χ1) is 11.6. The maximum absolute atomic E-state index is 3.63. The molecule has 1 heteroatoms. The standard InChI is InChI=1S/C21H25N.C2H6/c1-14(2)20-17-10-6-5-9-16(17)13-22-19-12-8-7-11-18(19)21(20)15(3)4;1-2/h5-12,14-15,22H,13H2,1-4H3;1-2H3/b21-20-;. The van der Waals surface area contributed by atoms with Crippen LogP contribution in [0.15, 0.2) is 48.5 Å². The molecule has 128 valence electrons. The molecule has 24 heavy (non-hydrogen) atoms. The third-order valence-corrected chi connectivity index (χ3v) is 4.44. The molecule has 0 saturated carbocycles. The summed E-state index contributed by atoms with van der Waals surface area (Å²) < 4.78 is 0. The van der Waals surface area contributed by atoms with Gasteiger partial charge in [-0.15, -0.1) is 0 Å². The molecule has 1 aliphatic heterocycles. The number of nitrogens with one attached hydrogen (secondary N) is 1. The quantitative estimate of drug-likeness (QED) is 0.637. The summed E-state index contributed by atoms with van der Waals surface area (Å²) in [4.78, 5) is 0. The van der Waals surface area contributed by atoms with Gasteiger partial charge in [0.05, 0.1) is 0 Å². The molecule has 0 bridgehead atoms. The van der Waals surface area contributed by atoms with Crippen molar-refractivity contribution in [1.82, 2.24) is 0 Å². The van der Waals surface area contributed by atoms with Gasteiger partial charge in [-0.3, -0.25) is 0 Å². The van der Waals surface area contributed by atoms with Gasteiger partial charge in [-0.1, -0.05) is 84.0 Å². The van der Waals surface area contributed by atoms with Crippen LogP contribution in [0.4, 0.5) is 5.69 Å². The smallest absolute Gasteiger partial charge is 0.0419 e. The molecule has 0 aliphatic carbocycles. The van der Waals surface area contributed by atoms with Crippen LogP contribution in [0.25, 0.3) is 11.1 Å². The third-order valence-electron chi connectivity index (χ3n) is 4.44. The molecule has 1 aliphatic rings. The molecule has 0 aromatic heterocycles. The first-order valence-corrected chi connectivity index (χ1v) is 9.25. The van der Waals surface area contributed by atoms with Crippen LogP contribution >= 0.6 is 0 Å². The summed E-state index contributed by atoms with van der Waals surface area (Å²) in [6, 6.07) is 17.5. The number of anilines is 1. The van der Waals surface area contributed by atoms with Gasteiger partial charge in [0.15, 0.2) is 0 Å². The molecule has 1 nitrogen and oxygen atoms in total. The van der Waals surface area contributed by atoms with Gasteiger partial charge in [-0.05, 0) is 40.2 Å². The molecule has 1 heterocycles. The Morgan fingerprint density at radius 1 is 0.708 bits per heavy atom. The van der Waals surface area contributed by atoms with E-state index in [1.54, 1.807) is 0 Å². The molecule has 0 atom stereocenters. The third kappa shape index (κ3) is 3.56. The van der Waals surface area contributed by atoms with E-state index < -0.39 is 0 Å². The van der Waals surface area contributed by atoms with Gasteiger partial charge in [0, 0.05) is 17.8 Å². The lowest BCUT2D eigenvalue weighted by Crippen LogP contribution is -2.13. The average molecular weight is 322 g/mol. The van der Waals surface area contributed by atoms with Crippen molar-refractivity contribution in [3.05, 3.63) is 65.2 Å². The van der Waals surface area contributed by atoms with E-state index in [2.05, 4.69) is 81.5 Å². The number of benzene rings is 2. The zero-order valence-electron chi connectivity index (χ0n) is 16.0. The van der Waals surface area contributed by atoms with Gasteiger partial charge in [0.2, 0.25) is 0 Å². The van der Waals surface area contributed by atoms with E-state index in [1.807, 2.05) is 13.8 Å². The van der Waals surface area contributed by atoms with Gasteiger partial charge in [0.1, 0.15) is 0 Å². The van der Waals surface area contributed by atoms with Crippen LogP contribution in [0.1, 0.15) is 58.2 Å². The Morgan fingerprint density at radius 3 is 1.83 bits per heavy atom. The lowest BCUT2D eigenvalue weighted by molar-refractivity contribution is 0.812. The van der Waals surface area contributed by atoms with Gasteiger partial charge >= 0.3 is 0 Å². The fraction of sp³-hybridized carbons (Fsp3) is 0.391. The van der Waals surface area contributed by atoms with Crippen molar-refractivity contribution in [2.75, 3.05) is 5.32 Å². The predicted molar refractivity (Wildman–Crippen MR) is 108 cm³/mol. The van der Waals surface area contributed by atoms with Crippen molar-refractivity contribution < 1.29 is 0 Å². The van der Waals surface area contributed by atoms with E-state index in [0.29, 0.717) is 11.8 Å². The summed E-state index contributed by atoms with van der Waals surface area (Å²) in [6.45, 7) is 14.1. The van der Waals surface area contributed by atoms with Gasteiger partial charge in [-0.25, -0.2) is 0 Å². The maximum Gasteiger partial charge on any atom is 0.0419 e. The minimum Gasteiger partial charge on any atom is -0.380 e. The minimum absolute atomic E-state index is 0.492. The number of hydrogen-bond donors (Lipinski definition) is 1. The topological polar surface area (TPSA) is 12.0 Å². The zero-order valence-corrected chi connectivity index (χ0v) is 16.0. The molecule has 1 N–H and O–H groups in total. The molecule has 2 aromatic rings. The minimum atomic E-state index is 0.492. The van der Waals surface area contributed by atoms with Crippen LogP contribution in [0.5, 0.6) is 0 Å². The van der Waals surface area contributed by atoms with Gasteiger partial charge < -0.3 is 5.32 Å². The first kappa shape index (κ1) is 18.3. The SMILES string of the molecule is CC.CC(C)/C1=C(\C(C)C)c2ccccc2NCc2ccccc21. The Balaban J connectivity index is 0.00000100. The summed E-state index contributed by atoms with van der Waals surface area (Å²) in [5, 5.41) is 3.63. The lowest BCUT2D eigenvalue weighted by atomic mass is 9.79. The number of allylic oxidation sites excluding steroid dienone is 2. The second-order valence-electron chi connectivity index (χ2n) is 6.69. The Labute approximate surface area is 147 Å². The number of para-hydroxylation sites is 1.